The number of rotatable bonds is 9. The van der Waals surface area contributed by atoms with E-state index in [1.54, 1.807) is 45.3 Å². The molecule has 1 aliphatic rings. The van der Waals surface area contributed by atoms with Crippen LogP contribution in [-0.2, 0) is 10.0 Å². The van der Waals surface area contributed by atoms with Gasteiger partial charge in [0.15, 0.2) is 10.7 Å². The number of hydrogen-bond acceptors (Lipinski definition) is 9. The fraction of sp³-hybridized carbons (Fsp3) is 0.414. The summed E-state index contributed by atoms with van der Waals surface area (Å²) in [5, 5.41) is 16.5. The van der Waals surface area contributed by atoms with Crippen molar-refractivity contribution >= 4 is 33.3 Å². The highest BCUT2D eigenvalue weighted by molar-refractivity contribution is 7.92. The van der Waals surface area contributed by atoms with Crippen LogP contribution in [0.5, 0.6) is 11.5 Å². The van der Waals surface area contributed by atoms with Gasteiger partial charge in [0.05, 0.1) is 31.9 Å². The Hall–Kier alpha value is -4.30. The number of fused-ring (bicyclic) bond motifs is 1. The number of hydrogen-bond donors (Lipinski definition) is 3. The van der Waals surface area contributed by atoms with Crippen LogP contribution in [0.4, 0.5) is 16.2 Å². The van der Waals surface area contributed by atoms with Crippen molar-refractivity contribution < 1.29 is 37.1 Å². The second-order valence-corrected chi connectivity index (χ2v) is 12.3. The Kier molecular flexibility index (Phi) is 9.50. The predicted octanol–water partition coefficient (Wildman–Crippen LogP) is 3.48. The SMILES string of the molecule is COc1ccc(NC(=O)N(C)C[C@@H]2Oc3ccc(NS(=O)(=O)c4c(C)noc4C)cc3C(=O)N([C@H](C)CO)C[C@H]2C)cc1. The Morgan fingerprint density at radius 1 is 1.21 bits per heavy atom. The van der Waals surface area contributed by atoms with Gasteiger partial charge in [-0.3, -0.25) is 9.52 Å². The Morgan fingerprint density at radius 3 is 2.49 bits per heavy atom. The molecule has 4 rings (SSSR count). The monoisotopic (exact) mass is 615 g/mol. The van der Waals surface area contributed by atoms with Crippen molar-refractivity contribution in [2.45, 2.75) is 44.7 Å². The number of aromatic nitrogens is 1. The van der Waals surface area contributed by atoms with Crippen LogP contribution in [0.1, 0.15) is 35.7 Å². The van der Waals surface area contributed by atoms with Crippen LogP contribution in [0.15, 0.2) is 51.9 Å². The van der Waals surface area contributed by atoms with Crippen molar-refractivity contribution in [1.29, 1.82) is 0 Å². The maximum atomic E-state index is 13.7. The maximum absolute atomic E-state index is 13.7. The topological polar surface area (TPSA) is 164 Å². The summed E-state index contributed by atoms with van der Waals surface area (Å²) in [7, 11) is -0.871. The van der Waals surface area contributed by atoms with Crippen molar-refractivity contribution in [1.82, 2.24) is 15.0 Å². The van der Waals surface area contributed by atoms with E-state index < -0.39 is 28.1 Å². The number of aryl methyl sites for hydroxylation is 2. The summed E-state index contributed by atoms with van der Waals surface area (Å²) in [6, 6.07) is 10.5. The number of amides is 3. The predicted molar refractivity (Wildman–Crippen MR) is 159 cm³/mol. The van der Waals surface area contributed by atoms with Crippen LogP contribution in [-0.4, -0.2) is 86.4 Å². The number of urea groups is 1. The van der Waals surface area contributed by atoms with Crippen molar-refractivity contribution in [3.63, 3.8) is 0 Å². The summed E-state index contributed by atoms with van der Waals surface area (Å²) in [5.41, 5.74) is 1.04. The zero-order valence-electron chi connectivity index (χ0n) is 24.9. The van der Waals surface area contributed by atoms with Crippen LogP contribution in [0.3, 0.4) is 0 Å². The van der Waals surface area contributed by atoms with Crippen molar-refractivity contribution in [3.8, 4) is 11.5 Å². The van der Waals surface area contributed by atoms with E-state index in [1.165, 1.54) is 41.8 Å². The number of nitrogens with zero attached hydrogens (tertiary/aromatic N) is 3. The van der Waals surface area contributed by atoms with Crippen molar-refractivity contribution in [3.05, 3.63) is 59.5 Å². The molecule has 0 saturated carbocycles. The average Bonchev–Trinajstić information content (AvgIpc) is 3.33. The smallest absolute Gasteiger partial charge is 0.321 e. The summed E-state index contributed by atoms with van der Waals surface area (Å²) >= 11 is 0. The highest BCUT2D eigenvalue weighted by Gasteiger charge is 2.34. The van der Waals surface area contributed by atoms with Gasteiger partial charge in [0.25, 0.3) is 15.9 Å². The minimum atomic E-state index is -4.07. The van der Waals surface area contributed by atoms with Crippen LogP contribution in [0, 0.1) is 19.8 Å². The molecule has 43 heavy (non-hydrogen) atoms. The molecule has 2 heterocycles. The molecule has 0 radical (unpaired) electrons. The summed E-state index contributed by atoms with van der Waals surface area (Å²) < 4.78 is 45.2. The Bertz CT molecular complexity index is 1550. The first-order valence-electron chi connectivity index (χ1n) is 13.7. The van der Waals surface area contributed by atoms with Gasteiger partial charge in [0.2, 0.25) is 0 Å². The minimum absolute atomic E-state index is 0.0813. The summed E-state index contributed by atoms with van der Waals surface area (Å²) in [6.45, 7) is 6.78. The normalized spacial score (nSPS) is 17.7. The highest BCUT2D eigenvalue weighted by atomic mass is 32.2. The fourth-order valence-electron chi connectivity index (χ4n) is 4.81. The molecule has 2 aromatic carbocycles. The third-order valence-electron chi connectivity index (χ3n) is 7.30. The third-order valence-corrected chi connectivity index (χ3v) is 8.92. The number of methoxy groups -OCH3 is 1. The zero-order valence-corrected chi connectivity index (χ0v) is 25.8. The van der Waals surface area contributed by atoms with Crippen LogP contribution >= 0.6 is 0 Å². The van der Waals surface area contributed by atoms with E-state index in [1.807, 2.05) is 6.92 Å². The van der Waals surface area contributed by atoms with E-state index in [9.17, 15) is 23.1 Å². The van der Waals surface area contributed by atoms with Gasteiger partial charge in [-0.2, -0.15) is 0 Å². The minimum Gasteiger partial charge on any atom is -0.497 e. The molecule has 0 saturated heterocycles. The molecular formula is C29H37N5O8S. The van der Waals surface area contributed by atoms with Crippen LogP contribution in [0.25, 0.3) is 0 Å². The third kappa shape index (κ3) is 7.03. The second kappa shape index (κ2) is 12.9. The summed E-state index contributed by atoms with van der Waals surface area (Å²) in [6.07, 6.45) is -0.545. The second-order valence-electron chi connectivity index (χ2n) is 10.6. The number of nitrogens with one attached hydrogen (secondary N) is 2. The number of likely N-dealkylation sites (N-methyl/N-ethyl adjacent to an activating group) is 1. The Labute approximate surface area is 250 Å². The van der Waals surface area contributed by atoms with Gasteiger partial charge in [-0.25, -0.2) is 13.2 Å². The molecule has 0 fully saturated rings. The van der Waals surface area contributed by atoms with Gasteiger partial charge in [0, 0.05) is 30.9 Å². The van der Waals surface area contributed by atoms with Gasteiger partial charge in [0.1, 0.15) is 23.3 Å². The number of ether oxygens (including phenoxy) is 2. The first kappa shape index (κ1) is 31.6. The number of carbonyl (C=O) groups excluding carboxylic acids is 2. The van der Waals surface area contributed by atoms with E-state index in [-0.39, 0.29) is 65.0 Å². The van der Waals surface area contributed by atoms with E-state index in [2.05, 4.69) is 15.2 Å². The molecule has 1 aromatic heterocycles. The number of anilines is 2. The van der Waals surface area contributed by atoms with Gasteiger partial charge in [-0.15, -0.1) is 0 Å². The maximum Gasteiger partial charge on any atom is 0.321 e. The molecule has 0 unspecified atom stereocenters. The molecule has 0 bridgehead atoms. The molecule has 3 N–H and O–H groups in total. The summed E-state index contributed by atoms with van der Waals surface area (Å²) in [4.78, 5) is 29.7. The van der Waals surface area contributed by atoms with Gasteiger partial charge in [-0.05, 0) is 63.2 Å². The fourth-order valence-corrected chi connectivity index (χ4v) is 6.20. The standard InChI is InChI=1S/C29H37N5O8S/c1-17-14-34(18(2)16-35)28(36)24-13-22(32-43(38,39)27-19(3)31-42-20(27)4)9-12-25(24)41-26(17)15-33(5)29(37)30-21-7-10-23(40-6)11-8-21/h7-13,17-18,26,32,35H,14-16H2,1-6H3,(H,30,37)/t17-,18-,26+/m1/s1. The van der Waals surface area contributed by atoms with Crippen molar-refractivity contribution in [2.75, 3.05) is 43.9 Å². The van der Waals surface area contributed by atoms with Crippen LogP contribution < -0.4 is 19.5 Å². The molecule has 3 atom stereocenters. The number of carbonyl (C=O) groups is 2. The molecular weight excluding hydrogens is 578 g/mol. The molecule has 0 spiro atoms. The van der Waals surface area contributed by atoms with Gasteiger partial charge in [-0.1, -0.05) is 12.1 Å². The Morgan fingerprint density at radius 2 is 1.88 bits per heavy atom. The number of sulfonamides is 1. The molecule has 1 aliphatic heterocycles. The van der Waals surface area contributed by atoms with E-state index in [0.717, 1.165) is 0 Å². The highest BCUT2D eigenvalue weighted by Crippen LogP contribution is 2.32. The molecule has 14 heteroatoms. The van der Waals surface area contributed by atoms with Gasteiger partial charge >= 0.3 is 6.03 Å². The number of aliphatic hydroxyl groups is 1. The van der Waals surface area contributed by atoms with E-state index in [0.29, 0.717) is 11.4 Å². The van der Waals surface area contributed by atoms with E-state index in [4.69, 9.17) is 14.0 Å². The lowest BCUT2D eigenvalue weighted by Gasteiger charge is -2.38. The average molecular weight is 616 g/mol. The van der Waals surface area contributed by atoms with E-state index >= 15 is 0 Å². The lowest BCUT2D eigenvalue weighted by atomic mass is 9.99. The lowest BCUT2D eigenvalue weighted by molar-refractivity contribution is 0.0371. The summed E-state index contributed by atoms with van der Waals surface area (Å²) in [5.74, 6) is 0.361. The number of benzene rings is 2. The molecule has 3 amide bonds. The van der Waals surface area contributed by atoms with Crippen molar-refractivity contribution in [2.24, 2.45) is 5.92 Å². The largest absolute Gasteiger partial charge is 0.497 e. The van der Waals surface area contributed by atoms with Crippen LogP contribution in [0.2, 0.25) is 0 Å². The Balaban J connectivity index is 1.61. The number of aliphatic hydroxyl groups excluding tert-OH is 1. The molecule has 13 nitrogen and oxygen atoms in total. The quantitative estimate of drug-likeness (QED) is 0.327. The molecule has 0 aliphatic carbocycles. The first-order valence-corrected chi connectivity index (χ1v) is 15.2. The van der Waals surface area contributed by atoms with Gasteiger partial charge < -0.3 is 34.2 Å². The first-order chi connectivity index (χ1) is 20.3. The molecule has 3 aromatic rings. The molecule has 232 valence electrons. The lowest BCUT2D eigenvalue weighted by Crippen LogP contribution is -2.50. The zero-order chi connectivity index (χ0) is 31.5.